The van der Waals surface area contributed by atoms with Crippen LogP contribution in [0.15, 0.2) is 24.3 Å². The van der Waals surface area contributed by atoms with Crippen LogP contribution in [0.25, 0.3) is 0 Å². The molecule has 0 unspecified atom stereocenters. The van der Waals surface area contributed by atoms with Crippen molar-refractivity contribution in [1.82, 2.24) is 9.97 Å². The third kappa shape index (κ3) is 3.00. The SMILES string of the molecule is Cc1cc(C)nc(Oc2c(Cl)cccc2C(=O)O)n1. The number of carboxylic acid groups (broad SMARTS) is 1. The molecule has 0 aliphatic rings. The van der Waals surface area contributed by atoms with E-state index in [0.29, 0.717) is 0 Å². The Bertz CT molecular complexity index is 624. The minimum absolute atomic E-state index is 0.0322. The molecule has 0 amide bonds. The Morgan fingerprint density at radius 1 is 1.26 bits per heavy atom. The lowest BCUT2D eigenvalue weighted by atomic mass is 10.2. The minimum Gasteiger partial charge on any atom is -0.478 e. The van der Waals surface area contributed by atoms with Gasteiger partial charge in [0.15, 0.2) is 5.75 Å². The zero-order valence-corrected chi connectivity index (χ0v) is 11.1. The first-order chi connectivity index (χ1) is 8.97. The third-order valence-electron chi connectivity index (χ3n) is 2.35. The van der Waals surface area contributed by atoms with E-state index in [9.17, 15) is 4.79 Å². The monoisotopic (exact) mass is 278 g/mol. The zero-order chi connectivity index (χ0) is 14.0. The Morgan fingerprint density at radius 3 is 2.47 bits per heavy atom. The summed E-state index contributed by atoms with van der Waals surface area (Å²) in [6.45, 7) is 3.60. The van der Waals surface area contributed by atoms with Crippen LogP contribution in [-0.4, -0.2) is 21.0 Å². The molecule has 0 saturated carbocycles. The summed E-state index contributed by atoms with van der Waals surface area (Å²) in [7, 11) is 0. The molecule has 0 atom stereocenters. The van der Waals surface area contributed by atoms with Crippen LogP contribution in [0.5, 0.6) is 11.8 Å². The van der Waals surface area contributed by atoms with Gasteiger partial charge in [-0.05, 0) is 32.0 Å². The highest BCUT2D eigenvalue weighted by Gasteiger charge is 2.16. The molecule has 1 heterocycles. The summed E-state index contributed by atoms with van der Waals surface area (Å²) in [6, 6.07) is 6.37. The Balaban J connectivity index is 2.45. The van der Waals surface area contributed by atoms with Crippen molar-refractivity contribution in [2.45, 2.75) is 13.8 Å². The van der Waals surface area contributed by atoms with Crippen LogP contribution in [0.4, 0.5) is 0 Å². The number of carboxylic acids is 1. The number of aryl methyl sites for hydroxylation is 2. The van der Waals surface area contributed by atoms with E-state index >= 15 is 0 Å². The number of hydrogen-bond acceptors (Lipinski definition) is 4. The number of hydrogen-bond donors (Lipinski definition) is 1. The minimum atomic E-state index is -1.12. The molecule has 6 heteroatoms. The van der Waals surface area contributed by atoms with Gasteiger partial charge in [0.1, 0.15) is 5.56 Å². The Hall–Kier alpha value is -2.14. The summed E-state index contributed by atoms with van der Waals surface area (Å²) >= 11 is 5.96. The average Bonchev–Trinajstić information content (AvgIpc) is 2.30. The van der Waals surface area contributed by atoms with Gasteiger partial charge < -0.3 is 9.84 Å². The summed E-state index contributed by atoms with van der Waals surface area (Å²) in [6.07, 6.45) is 0. The first-order valence-electron chi connectivity index (χ1n) is 5.49. The number of benzene rings is 1. The van der Waals surface area contributed by atoms with E-state index in [4.69, 9.17) is 21.4 Å². The van der Waals surface area contributed by atoms with E-state index in [1.807, 2.05) is 0 Å². The van der Waals surface area contributed by atoms with Crippen LogP contribution in [0.1, 0.15) is 21.7 Å². The molecule has 98 valence electrons. The Kier molecular flexibility index (Phi) is 3.66. The molecule has 19 heavy (non-hydrogen) atoms. The largest absolute Gasteiger partial charge is 0.478 e. The van der Waals surface area contributed by atoms with Crippen molar-refractivity contribution >= 4 is 17.6 Å². The molecule has 0 aliphatic heterocycles. The maximum Gasteiger partial charge on any atom is 0.339 e. The Morgan fingerprint density at radius 2 is 1.89 bits per heavy atom. The summed E-state index contributed by atoms with van der Waals surface area (Å²) in [5.74, 6) is -1.08. The van der Waals surface area contributed by atoms with Gasteiger partial charge in [0, 0.05) is 11.4 Å². The second kappa shape index (κ2) is 5.24. The van der Waals surface area contributed by atoms with Gasteiger partial charge in [-0.1, -0.05) is 17.7 Å². The topological polar surface area (TPSA) is 72.3 Å². The second-order valence-electron chi connectivity index (χ2n) is 3.96. The van der Waals surface area contributed by atoms with E-state index in [-0.39, 0.29) is 22.3 Å². The molecule has 1 aromatic heterocycles. The van der Waals surface area contributed by atoms with Crippen molar-refractivity contribution < 1.29 is 14.6 Å². The first kappa shape index (κ1) is 13.3. The van der Waals surface area contributed by atoms with Crippen LogP contribution in [0.3, 0.4) is 0 Å². The molecule has 2 aromatic rings. The Labute approximate surface area is 114 Å². The quantitative estimate of drug-likeness (QED) is 0.933. The number of nitrogens with zero attached hydrogens (tertiary/aromatic N) is 2. The van der Waals surface area contributed by atoms with Crippen LogP contribution < -0.4 is 4.74 Å². The molecule has 0 radical (unpaired) electrons. The van der Waals surface area contributed by atoms with Crippen molar-refractivity contribution in [2.24, 2.45) is 0 Å². The maximum atomic E-state index is 11.1. The van der Waals surface area contributed by atoms with E-state index in [1.165, 1.54) is 6.07 Å². The van der Waals surface area contributed by atoms with Crippen molar-refractivity contribution in [1.29, 1.82) is 0 Å². The number of para-hydroxylation sites is 1. The summed E-state index contributed by atoms with van der Waals surface area (Å²) < 4.78 is 5.43. The number of ether oxygens (including phenoxy) is 1. The van der Waals surface area contributed by atoms with Crippen molar-refractivity contribution in [3.63, 3.8) is 0 Å². The number of halogens is 1. The number of aromatic nitrogens is 2. The standard InChI is InChI=1S/C13H11ClN2O3/c1-7-6-8(2)16-13(15-7)19-11-9(12(17)18)4-3-5-10(11)14/h3-6H,1-2H3,(H,17,18). The molecule has 5 nitrogen and oxygen atoms in total. The van der Waals surface area contributed by atoms with E-state index in [1.54, 1.807) is 32.0 Å². The molecular weight excluding hydrogens is 268 g/mol. The molecule has 0 aliphatic carbocycles. The summed E-state index contributed by atoms with van der Waals surface area (Å²) in [5.41, 5.74) is 1.42. The maximum absolute atomic E-state index is 11.1. The van der Waals surface area contributed by atoms with Gasteiger partial charge in [0.25, 0.3) is 0 Å². The molecule has 0 fully saturated rings. The van der Waals surface area contributed by atoms with Crippen LogP contribution in [0, 0.1) is 13.8 Å². The predicted molar refractivity (Wildman–Crippen MR) is 70.0 cm³/mol. The van der Waals surface area contributed by atoms with Gasteiger partial charge in [0.05, 0.1) is 5.02 Å². The number of rotatable bonds is 3. The highest BCUT2D eigenvalue weighted by molar-refractivity contribution is 6.32. The predicted octanol–water partition coefficient (Wildman–Crippen LogP) is 3.24. The summed E-state index contributed by atoms with van der Waals surface area (Å²) in [5, 5.41) is 9.29. The van der Waals surface area contributed by atoms with E-state index in [0.717, 1.165) is 11.4 Å². The van der Waals surface area contributed by atoms with Crippen LogP contribution in [0.2, 0.25) is 5.02 Å². The highest BCUT2D eigenvalue weighted by atomic mass is 35.5. The van der Waals surface area contributed by atoms with Gasteiger partial charge in [-0.15, -0.1) is 0 Å². The molecule has 2 rings (SSSR count). The van der Waals surface area contributed by atoms with Gasteiger partial charge in [-0.2, -0.15) is 0 Å². The average molecular weight is 279 g/mol. The summed E-state index contributed by atoms with van der Waals surface area (Å²) in [4.78, 5) is 19.3. The lowest BCUT2D eigenvalue weighted by Crippen LogP contribution is -2.03. The van der Waals surface area contributed by atoms with Crippen molar-refractivity contribution in [3.05, 3.63) is 46.2 Å². The molecule has 0 saturated heterocycles. The van der Waals surface area contributed by atoms with Crippen molar-refractivity contribution in [2.75, 3.05) is 0 Å². The fourth-order valence-electron chi connectivity index (χ4n) is 1.61. The molecule has 0 spiro atoms. The number of carbonyl (C=O) groups is 1. The van der Waals surface area contributed by atoms with Crippen LogP contribution in [-0.2, 0) is 0 Å². The molecule has 1 N–H and O–H groups in total. The normalized spacial score (nSPS) is 10.3. The fourth-order valence-corrected chi connectivity index (χ4v) is 1.82. The van der Waals surface area contributed by atoms with E-state index < -0.39 is 5.97 Å². The van der Waals surface area contributed by atoms with Gasteiger partial charge in [-0.25, -0.2) is 14.8 Å². The molecule has 0 bridgehead atoms. The smallest absolute Gasteiger partial charge is 0.339 e. The van der Waals surface area contributed by atoms with Crippen molar-refractivity contribution in [3.8, 4) is 11.8 Å². The molecular formula is C13H11ClN2O3. The highest BCUT2D eigenvalue weighted by Crippen LogP contribution is 2.31. The van der Waals surface area contributed by atoms with Gasteiger partial charge in [0.2, 0.25) is 0 Å². The second-order valence-corrected chi connectivity index (χ2v) is 4.36. The fraction of sp³-hybridized carbons (Fsp3) is 0.154. The van der Waals surface area contributed by atoms with Gasteiger partial charge in [-0.3, -0.25) is 0 Å². The van der Waals surface area contributed by atoms with Gasteiger partial charge >= 0.3 is 12.0 Å². The first-order valence-corrected chi connectivity index (χ1v) is 5.87. The lowest BCUT2D eigenvalue weighted by molar-refractivity contribution is 0.0694. The van der Waals surface area contributed by atoms with Crippen LogP contribution >= 0.6 is 11.6 Å². The number of aromatic carboxylic acids is 1. The molecule has 1 aromatic carbocycles. The third-order valence-corrected chi connectivity index (χ3v) is 2.65. The van der Waals surface area contributed by atoms with E-state index in [2.05, 4.69) is 9.97 Å². The lowest BCUT2D eigenvalue weighted by Gasteiger charge is -2.09. The zero-order valence-electron chi connectivity index (χ0n) is 10.3.